The SMILES string of the molecule is Cc1cnc2c(Oc3ccc(CC(=O)c4nnc(C)c(-c5ccc(F)cc5)c4OC(C)C)cc3F)ccnc2c1. The molecule has 202 valence electrons. The number of carbonyl (C=O) groups is 1. The number of hydrogen-bond donors (Lipinski definition) is 0. The number of ketones is 1. The van der Waals surface area contributed by atoms with Crippen molar-refractivity contribution in [3.63, 3.8) is 0 Å². The fraction of sp³-hybridized carbons (Fsp3) is 0.194. The Kier molecular flexibility index (Phi) is 7.46. The molecule has 0 amide bonds. The van der Waals surface area contributed by atoms with Gasteiger partial charge in [0.1, 0.15) is 11.3 Å². The standard InChI is InChI=1S/C31H26F2N4O3/c1-17(2)39-31-28(21-6-8-22(32)9-7-21)19(4)36-37-30(31)25(38)15-20-5-10-26(23(33)14-20)40-27-11-12-34-24-13-18(3)16-35-29(24)27/h5-14,16-17H,15H2,1-4H3. The topological polar surface area (TPSA) is 87.1 Å². The third kappa shape index (κ3) is 5.63. The van der Waals surface area contributed by atoms with Crippen LogP contribution in [-0.2, 0) is 6.42 Å². The molecule has 0 aliphatic heterocycles. The van der Waals surface area contributed by atoms with E-state index < -0.39 is 11.6 Å². The van der Waals surface area contributed by atoms with Gasteiger partial charge in [0.25, 0.3) is 0 Å². The van der Waals surface area contributed by atoms with Crippen LogP contribution in [0.5, 0.6) is 17.2 Å². The predicted octanol–water partition coefficient (Wildman–Crippen LogP) is 6.99. The van der Waals surface area contributed by atoms with Gasteiger partial charge in [0, 0.05) is 30.4 Å². The van der Waals surface area contributed by atoms with Crippen molar-refractivity contribution in [1.29, 1.82) is 0 Å². The van der Waals surface area contributed by atoms with E-state index in [0.29, 0.717) is 39.2 Å². The first kappa shape index (κ1) is 26.8. The number of hydrogen-bond acceptors (Lipinski definition) is 7. The summed E-state index contributed by atoms with van der Waals surface area (Å²) in [5, 5.41) is 8.30. The minimum absolute atomic E-state index is 0.0105. The van der Waals surface area contributed by atoms with Crippen LogP contribution in [-0.4, -0.2) is 32.1 Å². The van der Waals surface area contributed by atoms with Gasteiger partial charge in [-0.3, -0.25) is 14.8 Å². The Balaban J connectivity index is 1.43. The van der Waals surface area contributed by atoms with E-state index in [9.17, 15) is 9.18 Å². The molecule has 0 unspecified atom stereocenters. The normalized spacial score (nSPS) is 11.2. The minimum atomic E-state index is -0.636. The largest absolute Gasteiger partial charge is 0.488 e. The number of nitrogens with zero attached hydrogens (tertiary/aromatic N) is 4. The zero-order valence-electron chi connectivity index (χ0n) is 22.4. The molecule has 0 saturated carbocycles. The molecule has 0 radical (unpaired) electrons. The molecule has 40 heavy (non-hydrogen) atoms. The molecule has 0 spiro atoms. The van der Waals surface area contributed by atoms with Gasteiger partial charge in [0.15, 0.2) is 34.5 Å². The second kappa shape index (κ2) is 11.1. The molecule has 0 bridgehead atoms. The van der Waals surface area contributed by atoms with E-state index in [4.69, 9.17) is 9.47 Å². The van der Waals surface area contributed by atoms with Gasteiger partial charge in [-0.1, -0.05) is 18.2 Å². The van der Waals surface area contributed by atoms with Crippen molar-refractivity contribution in [2.24, 2.45) is 0 Å². The third-order valence-corrected chi connectivity index (χ3v) is 6.11. The number of aromatic nitrogens is 4. The van der Waals surface area contributed by atoms with Crippen LogP contribution in [0.4, 0.5) is 8.78 Å². The zero-order valence-corrected chi connectivity index (χ0v) is 22.4. The first-order valence-corrected chi connectivity index (χ1v) is 12.7. The number of fused-ring (bicyclic) bond motifs is 1. The molecule has 5 rings (SSSR count). The lowest BCUT2D eigenvalue weighted by Crippen LogP contribution is -2.16. The van der Waals surface area contributed by atoms with E-state index in [-0.39, 0.29) is 35.5 Å². The monoisotopic (exact) mass is 540 g/mol. The van der Waals surface area contributed by atoms with Crippen LogP contribution in [0, 0.1) is 25.5 Å². The van der Waals surface area contributed by atoms with Gasteiger partial charge in [-0.05, 0) is 74.7 Å². The molecule has 0 aliphatic rings. The van der Waals surface area contributed by atoms with Gasteiger partial charge in [0.05, 0.1) is 17.3 Å². The van der Waals surface area contributed by atoms with E-state index in [1.165, 1.54) is 24.3 Å². The fourth-order valence-electron chi connectivity index (χ4n) is 4.31. The summed E-state index contributed by atoms with van der Waals surface area (Å²) in [4.78, 5) is 22.1. The molecule has 7 nitrogen and oxygen atoms in total. The predicted molar refractivity (Wildman–Crippen MR) is 147 cm³/mol. The second-order valence-corrected chi connectivity index (χ2v) is 9.67. The summed E-state index contributed by atoms with van der Waals surface area (Å²) in [7, 11) is 0. The van der Waals surface area contributed by atoms with Crippen LogP contribution < -0.4 is 9.47 Å². The summed E-state index contributed by atoms with van der Waals surface area (Å²) < 4.78 is 40.5. The maximum Gasteiger partial charge on any atom is 0.191 e. The fourth-order valence-corrected chi connectivity index (χ4v) is 4.31. The summed E-state index contributed by atoms with van der Waals surface area (Å²) in [5.41, 5.74) is 4.25. The van der Waals surface area contributed by atoms with E-state index in [1.54, 1.807) is 43.6 Å². The van der Waals surface area contributed by atoms with Crippen LogP contribution in [0.15, 0.2) is 67.0 Å². The van der Waals surface area contributed by atoms with Crippen molar-refractivity contribution in [1.82, 2.24) is 20.2 Å². The summed E-state index contributed by atoms with van der Waals surface area (Å²) in [6.07, 6.45) is 2.84. The Bertz CT molecular complexity index is 1720. The van der Waals surface area contributed by atoms with Crippen molar-refractivity contribution in [3.8, 4) is 28.4 Å². The lowest BCUT2D eigenvalue weighted by atomic mass is 9.99. The van der Waals surface area contributed by atoms with Crippen LogP contribution >= 0.6 is 0 Å². The lowest BCUT2D eigenvalue weighted by Gasteiger charge is -2.18. The van der Waals surface area contributed by atoms with Gasteiger partial charge in [0.2, 0.25) is 0 Å². The number of pyridine rings is 2. The summed E-state index contributed by atoms with van der Waals surface area (Å²) in [6.45, 7) is 7.31. The Labute approximate surface area is 229 Å². The summed E-state index contributed by atoms with van der Waals surface area (Å²) in [5.74, 6) is -0.812. The molecule has 0 fully saturated rings. The highest BCUT2D eigenvalue weighted by Crippen LogP contribution is 2.36. The highest BCUT2D eigenvalue weighted by Gasteiger charge is 2.24. The molecule has 2 aromatic carbocycles. The van der Waals surface area contributed by atoms with Gasteiger partial charge in [-0.2, -0.15) is 5.10 Å². The van der Waals surface area contributed by atoms with E-state index in [1.807, 2.05) is 26.8 Å². The van der Waals surface area contributed by atoms with Crippen LogP contribution in [0.1, 0.15) is 41.2 Å². The summed E-state index contributed by atoms with van der Waals surface area (Å²) >= 11 is 0. The third-order valence-electron chi connectivity index (χ3n) is 6.11. The Morgan fingerprint density at radius 3 is 2.42 bits per heavy atom. The molecule has 3 heterocycles. The zero-order chi connectivity index (χ0) is 28.4. The molecule has 0 atom stereocenters. The average molecular weight is 541 g/mol. The first-order chi connectivity index (χ1) is 19.2. The minimum Gasteiger partial charge on any atom is -0.488 e. The molecule has 0 N–H and O–H groups in total. The average Bonchev–Trinajstić information content (AvgIpc) is 2.91. The molecular weight excluding hydrogens is 514 g/mol. The molecular formula is C31H26F2N4O3. The van der Waals surface area contributed by atoms with Crippen LogP contribution in [0.25, 0.3) is 22.2 Å². The number of halogens is 2. The molecule has 5 aromatic rings. The van der Waals surface area contributed by atoms with Gasteiger partial charge in [-0.25, -0.2) is 8.78 Å². The molecule has 0 aliphatic carbocycles. The number of ether oxygens (including phenoxy) is 2. The Morgan fingerprint density at radius 2 is 1.70 bits per heavy atom. The van der Waals surface area contributed by atoms with Crippen molar-refractivity contribution in [3.05, 3.63) is 101 Å². The first-order valence-electron chi connectivity index (χ1n) is 12.7. The van der Waals surface area contributed by atoms with Crippen LogP contribution in [0.3, 0.4) is 0 Å². The highest BCUT2D eigenvalue weighted by atomic mass is 19.1. The van der Waals surface area contributed by atoms with Crippen molar-refractivity contribution in [2.75, 3.05) is 0 Å². The second-order valence-electron chi connectivity index (χ2n) is 9.67. The highest BCUT2D eigenvalue weighted by molar-refractivity contribution is 6.00. The van der Waals surface area contributed by atoms with Crippen molar-refractivity contribution < 1.29 is 23.0 Å². The number of benzene rings is 2. The lowest BCUT2D eigenvalue weighted by molar-refractivity contribution is 0.0980. The number of aryl methyl sites for hydroxylation is 2. The number of rotatable bonds is 8. The Hall–Kier alpha value is -4.79. The van der Waals surface area contributed by atoms with E-state index in [0.717, 1.165) is 5.56 Å². The van der Waals surface area contributed by atoms with Gasteiger partial charge >= 0.3 is 0 Å². The number of carbonyl (C=O) groups excluding carboxylic acids is 1. The number of Topliss-reactive ketones (excluding diaryl/α,β-unsaturated/α-hetero) is 1. The van der Waals surface area contributed by atoms with Gasteiger partial charge < -0.3 is 9.47 Å². The van der Waals surface area contributed by atoms with Crippen molar-refractivity contribution in [2.45, 2.75) is 40.2 Å². The summed E-state index contributed by atoms with van der Waals surface area (Å²) in [6, 6.07) is 13.7. The molecule has 9 heteroatoms. The molecule has 3 aromatic heterocycles. The maximum atomic E-state index is 15.1. The quantitative estimate of drug-likeness (QED) is 0.196. The molecule has 0 saturated heterocycles. The van der Waals surface area contributed by atoms with E-state index >= 15 is 4.39 Å². The van der Waals surface area contributed by atoms with Gasteiger partial charge in [-0.15, -0.1) is 5.10 Å². The van der Waals surface area contributed by atoms with Crippen LogP contribution in [0.2, 0.25) is 0 Å². The van der Waals surface area contributed by atoms with E-state index in [2.05, 4.69) is 20.2 Å². The van der Waals surface area contributed by atoms with Crippen molar-refractivity contribution >= 4 is 16.8 Å². The smallest absolute Gasteiger partial charge is 0.191 e. The Morgan fingerprint density at radius 1 is 0.925 bits per heavy atom. The maximum absolute atomic E-state index is 15.1.